The third-order valence-electron chi connectivity index (χ3n) is 2.62. The van der Waals surface area contributed by atoms with Crippen LogP contribution in [0, 0.1) is 19.5 Å². The molecule has 0 spiro atoms. The maximum Gasteiger partial charge on any atom is 0.243 e. The van der Waals surface area contributed by atoms with E-state index in [0.29, 0.717) is 11.7 Å². The molecule has 0 aliphatic carbocycles. The lowest BCUT2D eigenvalue weighted by atomic mass is 10.1. The van der Waals surface area contributed by atoms with E-state index in [9.17, 15) is 0 Å². The van der Waals surface area contributed by atoms with Crippen LogP contribution in [0.3, 0.4) is 0 Å². The summed E-state index contributed by atoms with van der Waals surface area (Å²) in [6.45, 7) is 2.01. The molecule has 0 amide bonds. The highest BCUT2D eigenvalue weighted by Crippen LogP contribution is 2.25. The standard InChI is InChI=1S/C13H9N3O/c1-3-17-12-10-8-9(2)4-5-11(10)16-7-6-14-13(16)15-12/h1,4-8H,2H3. The van der Waals surface area contributed by atoms with E-state index in [1.165, 1.54) is 0 Å². The summed E-state index contributed by atoms with van der Waals surface area (Å²) in [7, 11) is 0. The highest BCUT2D eigenvalue weighted by Gasteiger charge is 2.09. The summed E-state index contributed by atoms with van der Waals surface area (Å²) >= 11 is 0. The van der Waals surface area contributed by atoms with Crippen molar-refractivity contribution in [3.05, 3.63) is 36.2 Å². The van der Waals surface area contributed by atoms with Gasteiger partial charge in [0, 0.05) is 12.4 Å². The third kappa shape index (κ3) is 1.41. The van der Waals surface area contributed by atoms with E-state index in [0.717, 1.165) is 16.5 Å². The molecule has 1 aromatic carbocycles. The van der Waals surface area contributed by atoms with Crippen molar-refractivity contribution in [3.8, 4) is 18.4 Å². The second-order valence-electron chi connectivity index (χ2n) is 3.75. The minimum Gasteiger partial charge on any atom is -0.387 e. The Morgan fingerprint density at radius 1 is 1.41 bits per heavy atom. The summed E-state index contributed by atoms with van der Waals surface area (Å²) in [4.78, 5) is 8.42. The molecule has 3 aromatic rings. The van der Waals surface area contributed by atoms with Gasteiger partial charge in [0.1, 0.15) is 6.11 Å². The summed E-state index contributed by atoms with van der Waals surface area (Å²) in [5.41, 5.74) is 2.10. The smallest absolute Gasteiger partial charge is 0.243 e. The molecule has 3 rings (SSSR count). The van der Waals surface area contributed by atoms with Crippen LogP contribution >= 0.6 is 0 Å². The number of hydrogen-bond donors (Lipinski definition) is 0. The van der Waals surface area contributed by atoms with Gasteiger partial charge in [0.2, 0.25) is 11.7 Å². The van der Waals surface area contributed by atoms with E-state index >= 15 is 0 Å². The van der Waals surface area contributed by atoms with Gasteiger partial charge in [-0.3, -0.25) is 4.40 Å². The minimum absolute atomic E-state index is 0.421. The molecule has 0 aliphatic rings. The first-order valence-corrected chi connectivity index (χ1v) is 5.15. The number of aromatic nitrogens is 3. The van der Waals surface area contributed by atoms with E-state index in [1.54, 1.807) is 6.20 Å². The molecule has 2 heterocycles. The Morgan fingerprint density at radius 2 is 2.29 bits per heavy atom. The van der Waals surface area contributed by atoms with Gasteiger partial charge in [-0.15, -0.1) is 0 Å². The van der Waals surface area contributed by atoms with Crippen LogP contribution in [-0.4, -0.2) is 14.4 Å². The van der Waals surface area contributed by atoms with Gasteiger partial charge in [-0.05, 0) is 19.1 Å². The fourth-order valence-corrected chi connectivity index (χ4v) is 1.88. The fraction of sp³-hybridized carbons (Fsp3) is 0.0769. The fourth-order valence-electron chi connectivity index (χ4n) is 1.88. The Hall–Kier alpha value is -2.54. The summed E-state index contributed by atoms with van der Waals surface area (Å²) in [5, 5.41) is 0.883. The normalized spacial score (nSPS) is 10.6. The molecule has 4 heteroatoms. The molecule has 2 aromatic heterocycles. The van der Waals surface area contributed by atoms with Crippen molar-refractivity contribution < 1.29 is 4.74 Å². The Labute approximate surface area is 97.9 Å². The first-order valence-electron chi connectivity index (χ1n) is 5.15. The molecule has 4 nitrogen and oxygen atoms in total. The number of terminal acetylenes is 1. The van der Waals surface area contributed by atoms with Gasteiger partial charge in [-0.2, -0.15) is 4.98 Å². The maximum atomic E-state index is 5.17. The number of ether oxygens (including phenoxy) is 1. The van der Waals surface area contributed by atoms with Gasteiger partial charge in [0.15, 0.2) is 0 Å². The Kier molecular flexibility index (Phi) is 1.99. The van der Waals surface area contributed by atoms with Crippen molar-refractivity contribution in [3.63, 3.8) is 0 Å². The van der Waals surface area contributed by atoms with Crippen LogP contribution in [0.1, 0.15) is 5.56 Å². The van der Waals surface area contributed by atoms with Crippen LogP contribution < -0.4 is 4.74 Å². The lowest BCUT2D eigenvalue weighted by Crippen LogP contribution is -1.96. The largest absolute Gasteiger partial charge is 0.387 e. The van der Waals surface area contributed by atoms with Gasteiger partial charge >= 0.3 is 0 Å². The lowest BCUT2D eigenvalue weighted by Gasteiger charge is -2.06. The van der Waals surface area contributed by atoms with Gasteiger partial charge in [-0.25, -0.2) is 4.98 Å². The zero-order chi connectivity index (χ0) is 11.8. The first-order chi connectivity index (χ1) is 8.29. The molecule has 0 saturated carbocycles. The van der Waals surface area contributed by atoms with Crippen molar-refractivity contribution in [1.29, 1.82) is 0 Å². The molecule has 0 fully saturated rings. The molecule has 0 aliphatic heterocycles. The van der Waals surface area contributed by atoms with Crippen molar-refractivity contribution in [2.24, 2.45) is 0 Å². The van der Waals surface area contributed by atoms with Crippen molar-refractivity contribution >= 4 is 16.7 Å². The van der Waals surface area contributed by atoms with Gasteiger partial charge in [-0.1, -0.05) is 18.1 Å². The van der Waals surface area contributed by atoms with E-state index < -0.39 is 0 Å². The predicted molar refractivity (Wildman–Crippen MR) is 64.7 cm³/mol. The molecule has 0 unspecified atom stereocenters. The highest BCUT2D eigenvalue weighted by atomic mass is 16.5. The Bertz CT molecular complexity index is 752. The van der Waals surface area contributed by atoms with Crippen LogP contribution in [0.5, 0.6) is 5.88 Å². The number of benzene rings is 1. The third-order valence-corrected chi connectivity index (χ3v) is 2.62. The van der Waals surface area contributed by atoms with Crippen LogP contribution in [0.25, 0.3) is 16.7 Å². The first kappa shape index (κ1) is 9.67. The lowest BCUT2D eigenvalue weighted by molar-refractivity contribution is 0.506. The topological polar surface area (TPSA) is 39.4 Å². The van der Waals surface area contributed by atoms with Crippen molar-refractivity contribution in [1.82, 2.24) is 14.4 Å². The average molecular weight is 223 g/mol. The molecule has 0 atom stereocenters. The molecule has 0 bridgehead atoms. The molecule has 0 N–H and O–H groups in total. The van der Waals surface area contributed by atoms with E-state index in [2.05, 4.69) is 16.1 Å². The summed E-state index contributed by atoms with van der Waals surface area (Å²) in [5.74, 6) is 0.997. The van der Waals surface area contributed by atoms with E-state index in [-0.39, 0.29) is 0 Å². The zero-order valence-electron chi connectivity index (χ0n) is 9.21. The van der Waals surface area contributed by atoms with Crippen LogP contribution in [0.2, 0.25) is 0 Å². The number of imidazole rings is 1. The number of rotatable bonds is 1. The Morgan fingerprint density at radius 3 is 3.12 bits per heavy atom. The van der Waals surface area contributed by atoms with Crippen LogP contribution in [-0.2, 0) is 0 Å². The van der Waals surface area contributed by atoms with Gasteiger partial charge < -0.3 is 4.74 Å². The monoisotopic (exact) mass is 223 g/mol. The van der Waals surface area contributed by atoms with Gasteiger partial charge in [0.25, 0.3) is 0 Å². The summed E-state index contributed by atoms with van der Waals surface area (Å²) in [6.07, 6.45) is 10.9. The van der Waals surface area contributed by atoms with Gasteiger partial charge in [0.05, 0.1) is 10.9 Å². The van der Waals surface area contributed by atoms with Crippen LogP contribution in [0.4, 0.5) is 0 Å². The van der Waals surface area contributed by atoms with Crippen LogP contribution in [0.15, 0.2) is 30.6 Å². The maximum absolute atomic E-state index is 5.17. The van der Waals surface area contributed by atoms with E-state index in [1.807, 2.05) is 35.7 Å². The Balaban J connectivity index is 2.50. The average Bonchev–Trinajstić information content (AvgIpc) is 2.77. The van der Waals surface area contributed by atoms with Crippen molar-refractivity contribution in [2.45, 2.75) is 6.92 Å². The minimum atomic E-state index is 0.421. The van der Waals surface area contributed by atoms with E-state index in [4.69, 9.17) is 11.2 Å². The number of nitrogens with zero attached hydrogens (tertiary/aromatic N) is 3. The molecular formula is C13H9N3O. The molecule has 17 heavy (non-hydrogen) atoms. The SMILES string of the molecule is C#COc1nc2nccn2c2ccc(C)cc12. The zero-order valence-corrected chi connectivity index (χ0v) is 9.21. The summed E-state index contributed by atoms with van der Waals surface area (Å²) in [6, 6.07) is 6.03. The number of fused-ring (bicyclic) bond motifs is 3. The van der Waals surface area contributed by atoms with Crippen molar-refractivity contribution in [2.75, 3.05) is 0 Å². The molecular weight excluding hydrogens is 214 g/mol. The molecule has 0 saturated heterocycles. The summed E-state index contributed by atoms with van der Waals surface area (Å²) < 4.78 is 7.02. The second kappa shape index (κ2) is 3.49. The molecule has 82 valence electrons. The number of hydrogen-bond acceptors (Lipinski definition) is 3. The quantitative estimate of drug-likeness (QED) is 0.593. The predicted octanol–water partition coefficient (Wildman–Crippen LogP) is 2.16. The highest BCUT2D eigenvalue weighted by molar-refractivity contribution is 5.86. The second-order valence-corrected chi connectivity index (χ2v) is 3.75. The number of aryl methyl sites for hydroxylation is 1. The molecule has 0 radical (unpaired) electrons.